The van der Waals surface area contributed by atoms with Crippen LogP contribution in [0.2, 0.25) is 0 Å². The van der Waals surface area contributed by atoms with Crippen LogP contribution in [0.1, 0.15) is 85.5 Å². The van der Waals surface area contributed by atoms with E-state index in [-0.39, 0.29) is 56.7 Å². The number of nitrogens with zero attached hydrogens (tertiary/aromatic N) is 1. The Morgan fingerprint density at radius 2 is 1.82 bits per heavy atom. The molecule has 5 rings (SSSR count). The summed E-state index contributed by atoms with van der Waals surface area (Å²) in [6.07, 6.45) is 10.0. The second kappa shape index (κ2) is 7.99. The molecule has 0 saturated heterocycles. The molecule has 0 bridgehead atoms. The lowest BCUT2D eigenvalue weighted by Gasteiger charge is -2.66. The Hall–Kier alpha value is -1.54. The van der Waals surface area contributed by atoms with Crippen LogP contribution in [0.3, 0.4) is 0 Å². The van der Waals surface area contributed by atoms with E-state index in [1.165, 1.54) is 0 Å². The molecule has 5 aliphatic carbocycles. The smallest absolute Gasteiger partial charge is 0.188 e. The van der Waals surface area contributed by atoms with Crippen LogP contribution in [-0.2, 0) is 14.3 Å². The summed E-state index contributed by atoms with van der Waals surface area (Å²) in [5.74, 6) is 1.28. The van der Waals surface area contributed by atoms with Gasteiger partial charge >= 0.3 is 0 Å². The van der Waals surface area contributed by atoms with E-state index in [1.54, 1.807) is 0 Å². The van der Waals surface area contributed by atoms with Crippen molar-refractivity contribution in [2.24, 2.45) is 51.2 Å². The number of carbonyl (C=O) groups excluding carboxylic acids is 2. The third-order valence-corrected chi connectivity index (χ3v) is 11.5. The lowest BCUT2D eigenvalue weighted by Crippen LogP contribution is -2.63. The minimum Gasteiger partial charge on any atom is -0.350 e. The van der Waals surface area contributed by atoms with Crippen LogP contribution in [0, 0.1) is 62.6 Å². The topological polar surface area (TPSA) is 67.2 Å². The number of hydrogen-bond acceptors (Lipinski definition) is 4. The number of fused-ring (bicyclic) bond motifs is 7. The maximum Gasteiger partial charge on any atom is 0.188 e. The fraction of sp³-hybridized carbons (Fsp3) is 0.828. The molecule has 0 aromatic heterocycles. The van der Waals surface area contributed by atoms with Crippen molar-refractivity contribution in [2.75, 3.05) is 13.5 Å². The second-order valence-corrected chi connectivity index (χ2v) is 13.6. The zero-order chi connectivity index (χ0) is 24.5. The third kappa shape index (κ3) is 3.38. The molecule has 0 amide bonds. The van der Waals surface area contributed by atoms with E-state index in [9.17, 15) is 19.2 Å². The molecule has 0 aliphatic heterocycles. The zero-order valence-corrected chi connectivity index (χ0v) is 21.3. The first kappa shape index (κ1) is 24.2. The minimum absolute atomic E-state index is 0.00990. The largest absolute Gasteiger partial charge is 0.350 e. The summed E-state index contributed by atoms with van der Waals surface area (Å²) >= 11 is 0. The van der Waals surface area contributed by atoms with Crippen molar-refractivity contribution in [3.05, 3.63) is 11.6 Å². The molecule has 5 heteroatoms. The Morgan fingerprint density at radius 1 is 1.06 bits per heavy atom. The van der Waals surface area contributed by atoms with Crippen LogP contribution < -0.4 is 0 Å². The number of alkyl halides is 1. The minimum atomic E-state index is -0.758. The van der Waals surface area contributed by atoms with E-state index >= 15 is 0 Å². The highest BCUT2D eigenvalue weighted by Gasteiger charge is 2.66. The number of allylic oxidation sites excluding steroid dienone is 2. The van der Waals surface area contributed by atoms with Crippen LogP contribution in [0.15, 0.2) is 11.6 Å². The number of Topliss-reactive ketones (excluding diaryl/α,β-unsaturated/α-hetero) is 2. The van der Waals surface area contributed by atoms with Gasteiger partial charge in [-0.1, -0.05) is 33.8 Å². The highest BCUT2D eigenvalue weighted by atomic mass is 19.1. The van der Waals surface area contributed by atoms with E-state index in [0.717, 1.165) is 44.9 Å². The van der Waals surface area contributed by atoms with Crippen molar-refractivity contribution in [3.63, 3.8) is 0 Å². The lowest BCUT2D eigenvalue weighted by molar-refractivity contribution is -0.192. The van der Waals surface area contributed by atoms with Gasteiger partial charge in [0.2, 0.25) is 0 Å². The van der Waals surface area contributed by atoms with Gasteiger partial charge in [0.25, 0.3) is 0 Å². The third-order valence-electron chi connectivity index (χ3n) is 11.5. The molecule has 0 aromatic carbocycles. The van der Waals surface area contributed by atoms with E-state index in [1.807, 2.05) is 6.08 Å². The molecule has 34 heavy (non-hydrogen) atoms. The molecule has 8 atom stereocenters. The number of halogens is 1. The highest BCUT2D eigenvalue weighted by molar-refractivity contribution is 6.00. The molecule has 4 fully saturated rings. The van der Waals surface area contributed by atoms with E-state index in [0.29, 0.717) is 31.1 Å². The Kier molecular flexibility index (Phi) is 5.68. The quantitative estimate of drug-likeness (QED) is 0.493. The van der Waals surface area contributed by atoms with Gasteiger partial charge in [-0.15, -0.1) is 0 Å². The molecule has 0 N–H and O–H groups in total. The number of rotatable bonds is 3. The standard InChI is InChI=1S/C29H40FNO3/c1-26(2)9-10-29(16-34-17-30)8-6-20-25(21(29)14-26)23(33)12-24-27(20,3)7-5-19-11-22(32)18(15-31)13-28(19,24)4/h13,19-21,24-25H,5-12,14,16-17H2,1-4H3. The van der Waals surface area contributed by atoms with Crippen LogP contribution in [-0.4, -0.2) is 25.0 Å². The van der Waals surface area contributed by atoms with E-state index in [4.69, 9.17) is 4.74 Å². The van der Waals surface area contributed by atoms with Gasteiger partial charge in [0.05, 0.1) is 12.2 Å². The predicted molar refractivity (Wildman–Crippen MR) is 127 cm³/mol. The van der Waals surface area contributed by atoms with Crippen molar-refractivity contribution < 1.29 is 18.7 Å². The van der Waals surface area contributed by atoms with Crippen molar-refractivity contribution in [1.29, 1.82) is 5.26 Å². The monoisotopic (exact) mass is 469 g/mol. The lowest BCUT2D eigenvalue weighted by atomic mass is 9.37. The van der Waals surface area contributed by atoms with Gasteiger partial charge < -0.3 is 4.74 Å². The Labute approximate surface area is 203 Å². The van der Waals surface area contributed by atoms with Gasteiger partial charge in [0.15, 0.2) is 12.6 Å². The number of ether oxygens (including phenoxy) is 1. The van der Waals surface area contributed by atoms with Crippen molar-refractivity contribution in [2.45, 2.75) is 85.5 Å². The van der Waals surface area contributed by atoms with Gasteiger partial charge in [-0.3, -0.25) is 9.59 Å². The zero-order valence-electron chi connectivity index (χ0n) is 21.3. The fourth-order valence-electron chi connectivity index (χ4n) is 9.65. The molecule has 0 aromatic rings. The molecular formula is C29H40FNO3. The van der Waals surface area contributed by atoms with E-state index in [2.05, 4.69) is 33.8 Å². The first-order valence-corrected chi connectivity index (χ1v) is 13.3. The molecule has 4 saturated carbocycles. The predicted octanol–water partition coefficient (Wildman–Crippen LogP) is 6.20. The van der Waals surface area contributed by atoms with Gasteiger partial charge in [-0.2, -0.15) is 5.26 Å². The molecule has 8 unspecified atom stereocenters. The number of ketones is 2. The fourth-order valence-corrected chi connectivity index (χ4v) is 9.65. The molecule has 0 radical (unpaired) electrons. The van der Waals surface area contributed by atoms with Gasteiger partial charge in [0.1, 0.15) is 11.9 Å². The van der Waals surface area contributed by atoms with E-state index < -0.39 is 6.86 Å². The molecule has 4 nitrogen and oxygen atoms in total. The van der Waals surface area contributed by atoms with Gasteiger partial charge in [0, 0.05) is 18.8 Å². The molecule has 0 heterocycles. The maximum absolute atomic E-state index is 14.1. The summed E-state index contributed by atoms with van der Waals surface area (Å²) in [5, 5.41) is 9.60. The summed E-state index contributed by atoms with van der Waals surface area (Å²) in [6, 6.07) is 2.14. The molecular weight excluding hydrogens is 429 g/mol. The van der Waals surface area contributed by atoms with Crippen LogP contribution in [0.25, 0.3) is 0 Å². The number of hydrogen-bond donors (Lipinski definition) is 0. The number of carbonyl (C=O) groups is 2. The first-order valence-electron chi connectivity index (χ1n) is 13.3. The average molecular weight is 470 g/mol. The molecule has 5 aliphatic rings. The SMILES string of the molecule is CC1(C)CCC2(COCF)CCC3C(C(=O)CC4C5(C)C=C(C#N)C(=O)CC5CCC34C)C2C1. The maximum atomic E-state index is 14.1. The van der Waals surface area contributed by atoms with Gasteiger partial charge in [-0.05, 0) is 90.3 Å². The summed E-state index contributed by atoms with van der Waals surface area (Å²) in [7, 11) is 0. The summed E-state index contributed by atoms with van der Waals surface area (Å²) < 4.78 is 18.5. The van der Waals surface area contributed by atoms with Crippen molar-refractivity contribution >= 4 is 11.6 Å². The Morgan fingerprint density at radius 3 is 2.53 bits per heavy atom. The summed E-state index contributed by atoms with van der Waals surface area (Å²) in [6.45, 7) is 8.91. The number of nitriles is 1. The van der Waals surface area contributed by atoms with Crippen molar-refractivity contribution in [1.82, 2.24) is 0 Å². The van der Waals surface area contributed by atoms with Crippen molar-refractivity contribution in [3.8, 4) is 6.07 Å². The normalized spacial score (nSPS) is 47.4. The first-order chi connectivity index (χ1) is 16.0. The Bertz CT molecular complexity index is 965. The molecule has 0 spiro atoms. The summed E-state index contributed by atoms with van der Waals surface area (Å²) in [4.78, 5) is 26.6. The van der Waals surface area contributed by atoms with Crippen LogP contribution in [0.5, 0.6) is 0 Å². The highest BCUT2D eigenvalue weighted by Crippen LogP contribution is 2.70. The summed E-state index contributed by atoms with van der Waals surface area (Å²) in [5.41, 5.74) is 0.105. The van der Waals surface area contributed by atoms with Gasteiger partial charge in [-0.25, -0.2) is 4.39 Å². The second-order valence-electron chi connectivity index (χ2n) is 13.6. The Balaban J connectivity index is 1.54. The average Bonchev–Trinajstić information content (AvgIpc) is 2.79. The van der Waals surface area contributed by atoms with Crippen LogP contribution in [0.4, 0.5) is 4.39 Å². The molecule has 186 valence electrons. The van der Waals surface area contributed by atoms with Crippen LogP contribution >= 0.6 is 0 Å².